The Hall–Kier alpha value is -2.41. The molecule has 28 heavy (non-hydrogen) atoms. The molecule has 1 aliphatic rings. The predicted octanol–water partition coefficient (Wildman–Crippen LogP) is 2.29. The number of benzene rings is 1. The molecule has 154 valence electrons. The number of carbonyl (C=O) groups excluding carboxylic acids is 2. The van der Waals surface area contributed by atoms with Crippen molar-refractivity contribution < 1.29 is 14.3 Å². The quantitative estimate of drug-likeness (QED) is 0.263. The van der Waals surface area contributed by atoms with E-state index in [-0.39, 0.29) is 11.8 Å². The van der Waals surface area contributed by atoms with Crippen LogP contribution in [0.1, 0.15) is 53.8 Å². The van der Waals surface area contributed by atoms with E-state index >= 15 is 0 Å². The summed E-state index contributed by atoms with van der Waals surface area (Å²) in [4.78, 5) is 30.1. The summed E-state index contributed by atoms with van der Waals surface area (Å²) in [7, 11) is 1.74. The van der Waals surface area contributed by atoms with Crippen molar-refractivity contribution in [3.8, 4) is 0 Å². The Bertz CT molecular complexity index is 653. The third-order valence-electron chi connectivity index (χ3n) is 4.41. The predicted molar refractivity (Wildman–Crippen MR) is 111 cm³/mol. The lowest BCUT2D eigenvalue weighted by Crippen LogP contribution is -2.38. The summed E-state index contributed by atoms with van der Waals surface area (Å²) in [6, 6.07) is 6.99. The number of carbonyl (C=O) groups is 2. The van der Waals surface area contributed by atoms with E-state index < -0.39 is 0 Å². The molecule has 2 N–H and O–H groups in total. The van der Waals surface area contributed by atoms with Gasteiger partial charge in [0.25, 0.3) is 11.8 Å². The lowest BCUT2D eigenvalue weighted by atomic mass is 10.1. The van der Waals surface area contributed by atoms with Crippen LogP contribution < -0.4 is 10.6 Å². The van der Waals surface area contributed by atoms with Gasteiger partial charge < -0.3 is 15.4 Å². The normalized spacial score (nSPS) is 14.0. The first kappa shape index (κ1) is 21.9. The maximum absolute atomic E-state index is 12.3. The highest BCUT2D eigenvalue weighted by Gasteiger charge is 2.34. The molecular formula is C21H32N4O3. The molecule has 0 aromatic heterocycles. The van der Waals surface area contributed by atoms with Crippen molar-refractivity contribution in [2.45, 2.75) is 33.1 Å². The van der Waals surface area contributed by atoms with E-state index in [2.05, 4.69) is 29.5 Å². The molecule has 0 unspecified atom stereocenters. The van der Waals surface area contributed by atoms with Gasteiger partial charge in [0.15, 0.2) is 5.96 Å². The molecular weight excluding hydrogens is 356 g/mol. The number of hydrogen-bond acceptors (Lipinski definition) is 4. The molecule has 0 radical (unpaired) electrons. The van der Waals surface area contributed by atoms with Crippen LogP contribution in [0, 0.1) is 5.92 Å². The SMILES string of the molecule is CN=C(NCCCCN1C(=O)c2ccccc2C1=O)NCCCOCC(C)C. The molecule has 0 saturated heterocycles. The largest absolute Gasteiger partial charge is 0.381 e. The van der Waals surface area contributed by atoms with Gasteiger partial charge in [-0.15, -0.1) is 0 Å². The van der Waals surface area contributed by atoms with Crippen LogP contribution in [0.5, 0.6) is 0 Å². The van der Waals surface area contributed by atoms with E-state index in [1.165, 1.54) is 4.90 Å². The molecule has 0 fully saturated rings. The van der Waals surface area contributed by atoms with Crippen LogP contribution in [0.3, 0.4) is 0 Å². The molecule has 0 bridgehead atoms. The molecule has 1 heterocycles. The summed E-state index contributed by atoms with van der Waals surface area (Å²) < 4.78 is 5.55. The van der Waals surface area contributed by atoms with Crippen LogP contribution in [0.4, 0.5) is 0 Å². The number of hydrogen-bond donors (Lipinski definition) is 2. The molecule has 2 amide bonds. The van der Waals surface area contributed by atoms with Crippen LogP contribution in [-0.4, -0.2) is 62.6 Å². The molecule has 0 spiro atoms. The lowest BCUT2D eigenvalue weighted by Gasteiger charge is -2.15. The van der Waals surface area contributed by atoms with E-state index in [1.807, 2.05) is 0 Å². The minimum Gasteiger partial charge on any atom is -0.381 e. The first-order valence-corrected chi connectivity index (χ1v) is 10.0. The molecule has 1 aromatic carbocycles. The van der Waals surface area contributed by atoms with Gasteiger partial charge >= 0.3 is 0 Å². The van der Waals surface area contributed by atoms with Gasteiger partial charge in [0.2, 0.25) is 0 Å². The van der Waals surface area contributed by atoms with Crippen LogP contribution in [0.2, 0.25) is 0 Å². The maximum Gasteiger partial charge on any atom is 0.261 e. The lowest BCUT2D eigenvalue weighted by molar-refractivity contribution is 0.0652. The van der Waals surface area contributed by atoms with Crippen LogP contribution in [-0.2, 0) is 4.74 Å². The molecule has 0 atom stereocenters. The van der Waals surface area contributed by atoms with Crippen LogP contribution >= 0.6 is 0 Å². The second-order valence-corrected chi connectivity index (χ2v) is 7.26. The zero-order valence-electron chi connectivity index (χ0n) is 17.2. The summed E-state index contributed by atoms with van der Waals surface area (Å²) in [6.45, 7) is 7.77. The van der Waals surface area contributed by atoms with Gasteiger partial charge in [-0.1, -0.05) is 26.0 Å². The Kier molecular flexibility index (Phi) is 8.94. The monoisotopic (exact) mass is 388 g/mol. The van der Waals surface area contributed by atoms with Crippen molar-refractivity contribution in [2.24, 2.45) is 10.9 Å². The smallest absolute Gasteiger partial charge is 0.261 e. The highest BCUT2D eigenvalue weighted by molar-refractivity contribution is 6.21. The molecule has 7 nitrogen and oxygen atoms in total. The number of rotatable bonds is 11. The van der Waals surface area contributed by atoms with Crippen molar-refractivity contribution >= 4 is 17.8 Å². The van der Waals surface area contributed by atoms with Gasteiger partial charge in [-0.25, -0.2) is 0 Å². The number of ether oxygens (including phenoxy) is 1. The Labute approximate surface area is 167 Å². The highest BCUT2D eigenvalue weighted by Crippen LogP contribution is 2.22. The first-order chi connectivity index (χ1) is 13.5. The van der Waals surface area contributed by atoms with Crippen molar-refractivity contribution in [1.82, 2.24) is 15.5 Å². The number of nitrogens with zero attached hydrogens (tertiary/aromatic N) is 2. The number of fused-ring (bicyclic) bond motifs is 1. The van der Waals surface area contributed by atoms with Crippen LogP contribution in [0.25, 0.3) is 0 Å². The number of imide groups is 1. The van der Waals surface area contributed by atoms with Gasteiger partial charge in [-0.2, -0.15) is 0 Å². The third kappa shape index (κ3) is 6.34. The van der Waals surface area contributed by atoms with Crippen molar-refractivity contribution in [1.29, 1.82) is 0 Å². The van der Waals surface area contributed by atoms with Crippen molar-refractivity contribution in [3.63, 3.8) is 0 Å². The second-order valence-electron chi connectivity index (χ2n) is 7.26. The van der Waals surface area contributed by atoms with Crippen molar-refractivity contribution in [2.75, 3.05) is 39.9 Å². The van der Waals surface area contributed by atoms with Crippen LogP contribution in [0.15, 0.2) is 29.3 Å². The van der Waals surface area contributed by atoms with Gasteiger partial charge in [0.1, 0.15) is 0 Å². The minimum atomic E-state index is -0.189. The zero-order valence-corrected chi connectivity index (χ0v) is 17.2. The molecule has 1 aromatic rings. The fraction of sp³-hybridized carbons (Fsp3) is 0.571. The number of unbranched alkanes of at least 4 members (excludes halogenated alkanes) is 1. The Morgan fingerprint density at radius 2 is 1.64 bits per heavy atom. The average molecular weight is 389 g/mol. The topological polar surface area (TPSA) is 83.0 Å². The van der Waals surface area contributed by atoms with E-state index in [9.17, 15) is 9.59 Å². The van der Waals surface area contributed by atoms with E-state index in [0.717, 1.165) is 51.5 Å². The summed E-state index contributed by atoms with van der Waals surface area (Å²) >= 11 is 0. The second kappa shape index (κ2) is 11.4. The molecule has 0 saturated carbocycles. The Morgan fingerprint density at radius 1 is 1.04 bits per heavy atom. The Morgan fingerprint density at radius 3 is 2.21 bits per heavy atom. The minimum absolute atomic E-state index is 0.189. The number of amides is 2. The van der Waals surface area contributed by atoms with Gasteiger partial charge in [0.05, 0.1) is 11.1 Å². The number of aliphatic imine (C=N–C) groups is 1. The Balaban J connectivity index is 1.58. The molecule has 2 rings (SSSR count). The zero-order chi connectivity index (χ0) is 20.4. The fourth-order valence-electron chi connectivity index (χ4n) is 2.96. The van der Waals surface area contributed by atoms with E-state index in [4.69, 9.17) is 4.74 Å². The van der Waals surface area contributed by atoms with Gasteiger partial charge in [0, 0.05) is 39.9 Å². The number of nitrogens with one attached hydrogen (secondary N) is 2. The third-order valence-corrected chi connectivity index (χ3v) is 4.41. The van der Waals surface area contributed by atoms with E-state index in [0.29, 0.717) is 23.6 Å². The molecule has 0 aliphatic carbocycles. The van der Waals surface area contributed by atoms with Gasteiger partial charge in [-0.3, -0.25) is 19.5 Å². The fourth-order valence-corrected chi connectivity index (χ4v) is 2.96. The summed E-state index contributed by atoms with van der Waals surface area (Å²) in [5.74, 6) is 0.934. The summed E-state index contributed by atoms with van der Waals surface area (Å²) in [5, 5.41) is 6.51. The molecule has 7 heteroatoms. The van der Waals surface area contributed by atoms with Crippen molar-refractivity contribution in [3.05, 3.63) is 35.4 Å². The molecule has 1 aliphatic heterocycles. The standard InChI is InChI=1S/C21H32N4O3/c1-16(2)15-28-14-8-12-24-21(22-3)23-11-6-7-13-25-19(26)17-9-4-5-10-18(17)20(25)27/h4-5,9-10,16H,6-8,11-15H2,1-3H3,(H2,22,23,24). The highest BCUT2D eigenvalue weighted by atomic mass is 16.5. The van der Waals surface area contributed by atoms with E-state index in [1.54, 1.807) is 31.3 Å². The summed E-state index contributed by atoms with van der Waals surface area (Å²) in [5.41, 5.74) is 1.01. The first-order valence-electron chi connectivity index (χ1n) is 10.0. The maximum atomic E-state index is 12.3. The number of guanidine groups is 1. The summed E-state index contributed by atoms with van der Waals surface area (Å²) in [6.07, 6.45) is 2.51. The average Bonchev–Trinajstić information content (AvgIpc) is 2.93. The van der Waals surface area contributed by atoms with Gasteiger partial charge in [-0.05, 0) is 37.3 Å².